The lowest BCUT2D eigenvalue weighted by molar-refractivity contribution is 0.297. The molecule has 0 N–H and O–H groups in total. The minimum Gasteiger partial charge on any atom is -0.490 e. The molecule has 1 unspecified atom stereocenters. The van der Waals surface area contributed by atoms with Crippen molar-refractivity contribution >= 4 is 39.1 Å². The summed E-state index contributed by atoms with van der Waals surface area (Å²) >= 11 is 16.1. The zero-order valence-electron chi connectivity index (χ0n) is 11.1. The lowest BCUT2D eigenvalue weighted by atomic mass is 10.0. The molecule has 2 aromatic carbocycles. The van der Waals surface area contributed by atoms with Crippen LogP contribution in [0, 0.1) is 0 Å². The summed E-state index contributed by atoms with van der Waals surface area (Å²) in [5, 5.41) is 0.411. The van der Waals surface area contributed by atoms with Gasteiger partial charge in [0.25, 0.3) is 0 Å². The quantitative estimate of drug-likeness (QED) is 0.625. The molecule has 0 spiro atoms. The summed E-state index contributed by atoms with van der Waals surface area (Å²) in [6.07, 6.45) is 0.878. The number of fused-ring (bicyclic) bond motifs is 1. The Labute approximate surface area is 142 Å². The van der Waals surface area contributed by atoms with Crippen molar-refractivity contribution in [1.82, 2.24) is 0 Å². The van der Waals surface area contributed by atoms with Gasteiger partial charge < -0.3 is 9.47 Å². The van der Waals surface area contributed by atoms with Gasteiger partial charge in [-0.1, -0.05) is 39.7 Å². The molecule has 3 rings (SSSR count). The number of halogens is 3. The predicted octanol–water partition coefficient (Wildman–Crippen LogP) is 5.59. The monoisotopic (exact) mass is 386 g/mol. The van der Waals surface area contributed by atoms with Gasteiger partial charge in [0.05, 0.1) is 18.6 Å². The van der Waals surface area contributed by atoms with E-state index in [2.05, 4.69) is 15.9 Å². The highest BCUT2D eigenvalue weighted by molar-refractivity contribution is 9.10. The fourth-order valence-corrected chi connectivity index (χ4v) is 3.34. The third kappa shape index (κ3) is 3.31. The van der Waals surface area contributed by atoms with Crippen LogP contribution in [0.5, 0.6) is 11.5 Å². The zero-order chi connectivity index (χ0) is 14.8. The molecule has 0 bridgehead atoms. The molecule has 2 aromatic rings. The van der Waals surface area contributed by atoms with E-state index >= 15 is 0 Å². The summed E-state index contributed by atoms with van der Waals surface area (Å²) < 4.78 is 12.3. The summed E-state index contributed by atoms with van der Waals surface area (Å²) in [7, 11) is 0. The third-order valence-electron chi connectivity index (χ3n) is 3.30. The molecule has 1 aliphatic heterocycles. The van der Waals surface area contributed by atoms with Crippen molar-refractivity contribution in [3.05, 3.63) is 57.0 Å². The fourth-order valence-electron chi connectivity index (χ4n) is 2.21. The molecule has 1 atom stereocenters. The first-order valence-corrected chi connectivity index (χ1v) is 8.24. The number of alkyl halides is 1. The average molecular weight is 388 g/mol. The van der Waals surface area contributed by atoms with Crippen molar-refractivity contribution in [2.75, 3.05) is 13.2 Å². The van der Waals surface area contributed by atoms with Gasteiger partial charge in [0, 0.05) is 15.9 Å². The maximum Gasteiger partial charge on any atom is 0.162 e. The molecular formula is C16H13BrCl2O2. The van der Waals surface area contributed by atoms with Crippen molar-refractivity contribution < 1.29 is 9.47 Å². The topological polar surface area (TPSA) is 18.5 Å². The Hall–Kier alpha value is -0.900. The Kier molecular flexibility index (Phi) is 4.63. The molecule has 0 saturated heterocycles. The van der Waals surface area contributed by atoms with Gasteiger partial charge in [-0.15, -0.1) is 11.6 Å². The van der Waals surface area contributed by atoms with Crippen molar-refractivity contribution in [1.29, 1.82) is 0 Å². The average Bonchev–Trinajstić information content (AvgIpc) is 2.71. The normalized spacial score (nSPS) is 15.4. The van der Waals surface area contributed by atoms with Crippen molar-refractivity contribution in [3.8, 4) is 11.5 Å². The molecule has 0 amide bonds. The Balaban J connectivity index is 1.97. The van der Waals surface area contributed by atoms with Crippen molar-refractivity contribution in [2.24, 2.45) is 0 Å². The van der Waals surface area contributed by atoms with Gasteiger partial charge in [-0.2, -0.15) is 0 Å². The molecule has 21 heavy (non-hydrogen) atoms. The lowest BCUT2D eigenvalue weighted by Gasteiger charge is -2.16. The summed E-state index contributed by atoms with van der Waals surface area (Å²) in [4.78, 5) is 0. The van der Waals surface area contributed by atoms with Gasteiger partial charge in [0.2, 0.25) is 0 Å². The summed E-state index contributed by atoms with van der Waals surface area (Å²) in [5.41, 5.74) is 1.93. The summed E-state index contributed by atoms with van der Waals surface area (Å²) in [5.74, 6) is 1.49. The highest BCUT2D eigenvalue weighted by Crippen LogP contribution is 2.41. The molecule has 5 heteroatoms. The molecular weight excluding hydrogens is 375 g/mol. The second-order valence-electron chi connectivity index (χ2n) is 4.79. The number of benzene rings is 2. The van der Waals surface area contributed by atoms with E-state index in [0.29, 0.717) is 18.2 Å². The number of hydrogen-bond acceptors (Lipinski definition) is 2. The molecule has 1 heterocycles. The van der Waals surface area contributed by atoms with Crippen LogP contribution < -0.4 is 9.47 Å². The minimum absolute atomic E-state index is 0.284. The van der Waals surface area contributed by atoms with Crippen LogP contribution in [-0.2, 0) is 0 Å². The largest absolute Gasteiger partial charge is 0.490 e. The molecule has 1 aliphatic rings. The highest BCUT2D eigenvalue weighted by Gasteiger charge is 2.19. The molecule has 110 valence electrons. The fraction of sp³-hybridized carbons (Fsp3) is 0.250. The predicted molar refractivity (Wildman–Crippen MR) is 88.9 cm³/mol. The molecule has 0 aromatic heterocycles. The van der Waals surface area contributed by atoms with E-state index in [0.717, 1.165) is 33.5 Å². The second-order valence-corrected chi connectivity index (χ2v) is 6.51. The standard InChI is InChI=1S/C16H13BrCl2O2/c17-13-9-15-14(20-6-1-7-21-15)8-12(13)16(19)10-2-4-11(18)5-3-10/h2-5,8-9,16H,1,6-7H2. The Morgan fingerprint density at radius 3 is 2.29 bits per heavy atom. The van der Waals surface area contributed by atoms with Crippen LogP contribution in [0.15, 0.2) is 40.9 Å². The van der Waals surface area contributed by atoms with Crippen LogP contribution in [0.4, 0.5) is 0 Å². The molecule has 2 nitrogen and oxygen atoms in total. The van der Waals surface area contributed by atoms with Crippen molar-refractivity contribution in [3.63, 3.8) is 0 Å². The molecule has 0 radical (unpaired) electrons. The first kappa shape index (κ1) is 15.0. The van der Waals surface area contributed by atoms with Gasteiger partial charge in [0.15, 0.2) is 11.5 Å². The maximum atomic E-state index is 6.60. The molecule has 0 aliphatic carbocycles. The molecule has 0 fully saturated rings. The number of hydrogen-bond donors (Lipinski definition) is 0. The van der Waals surface area contributed by atoms with Crippen LogP contribution in [0.2, 0.25) is 5.02 Å². The van der Waals surface area contributed by atoms with E-state index in [-0.39, 0.29) is 5.38 Å². The first-order chi connectivity index (χ1) is 10.1. The maximum absolute atomic E-state index is 6.60. The van der Waals surface area contributed by atoms with Crippen LogP contribution in [-0.4, -0.2) is 13.2 Å². The first-order valence-electron chi connectivity index (χ1n) is 6.64. The lowest BCUT2D eigenvalue weighted by Crippen LogP contribution is -1.98. The SMILES string of the molecule is Clc1ccc(C(Cl)c2cc3c(cc2Br)OCCCO3)cc1. The van der Waals surface area contributed by atoms with Gasteiger partial charge in [-0.3, -0.25) is 0 Å². The van der Waals surface area contributed by atoms with Gasteiger partial charge in [0.1, 0.15) is 0 Å². The van der Waals surface area contributed by atoms with Crippen LogP contribution in [0.1, 0.15) is 22.9 Å². The van der Waals surface area contributed by atoms with E-state index in [9.17, 15) is 0 Å². The van der Waals surface area contributed by atoms with Crippen LogP contribution in [0.3, 0.4) is 0 Å². The zero-order valence-corrected chi connectivity index (χ0v) is 14.2. The van der Waals surface area contributed by atoms with Crippen molar-refractivity contribution in [2.45, 2.75) is 11.8 Å². The summed E-state index contributed by atoms with van der Waals surface area (Å²) in [6.45, 7) is 1.32. The van der Waals surface area contributed by atoms with Crippen LogP contribution in [0.25, 0.3) is 0 Å². The minimum atomic E-state index is -0.284. The van der Waals surface area contributed by atoms with E-state index in [1.807, 2.05) is 36.4 Å². The second kappa shape index (κ2) is 6.47. The van der Waals surface area contributed by atoms with E-state index < -0.39 is 0 Å². The van der Waals surface area contributed by atoms with E-state index in [1.165, 1.54) is 0 Å². The highest BCUT2D eigenvalue weighted by atomic mass is 79.9. The Morgan fingerprint density at radius 1 is 1.00 bits per heavy atom. The summed E-state index contributed by atoms with van der Waals surface area (Å²) in [6, 6.07) is 11.4. The van der Waals surface area contributed by atoms with E-state index in [4.69, 9.17) is 32.7 Å². The van der Waals surface area contributed by atoms with Gasteiger partial charge >= 0.3 is 0 Å². The third-order valence-corrected chi connectivity index (χ3v) is 4.73. The Morgan fingerprint density at radius 2 is 1.62 bits per heavy atom. The Bertz CT molecular complexity index is 643. The van der Waals surface area contributed by atoms with Gasteiger partial charge in [-0.25, -0.2) is 0 Å². The van der Waals surface area contributed by atoms with Gasteiger partial charge in [-0.05, 0) is 35.4 Å². The number of ether oxygens (including phenoxy) is 2. The molecule has 0 saturated carbocycles. The van der Waals surface area contributed by atoms with E-state index in [1.54, 1.807) is 0 Å². The number of rotatable bonds is 2. The van der Waals surface area contributed by atoms with Crippen LogP contribution >= 0.6 is 39.1 Å². The smallest absolute Gasteiger partial charge is 0.162 e.